The second-order valence-corrected chi connectivity index (χ2v) is 6.37. The van der Waals surface area contributed by atoms with Gasteiger partial charge < -0.3 is 27.4 Å². The average molecular weight is 383 g/mol. The summed E-state index contributed by atoms with van der Waals surface area (Å²) in [6, 6.07) is 4.76. The van der Waals surface area contributed by atoms with E-state index in [9.17, 15) is 14.4 Å². The van der Waals surface area contributed by atoms with Crippen molar-refractivity contribution >= 4 is 40.7 Å². The van der Waals surface area contributed by atoms with Crippen LogP contribution in [0.1, 0.15) is 35.8 Å². The lowest BCUT2D eigenvalue weighted by Gasteiger charge is -2.19. The number of amides is 3. The van der Waals surface area contributed by atoms with Crippen LogP contribution >= 0.6 is 0 Å². The van der Waals surface area contributed by atoms with Gasteiger partial charge in [-0.15, -0.1) is 0 Å². The molecule has 7 N–H and O–H groups in total. The summed E-state index contributed by atoms with van der Waals surface area (Å²) in [5, 5.41) is 8.73. The molecule has 0 bridgehead atoms. The molecule has 2 aromatic rings. The van der Waals surface area contributed by atoms with Crippen molar-refractivity contribution in [3.63, 3.8) is 0 Å². The van der Waals surface area contributed by atoms with Crippen molar-refractivity contribution in [2.45, 2.75) is 32.2 Å². The van der Waals surface area contributed by atoms with Gasteiger partial charge in [-0.3, -0.25) is 14.4 Å². The van der Waals surface area contributed by atoms with Gasteiger partial charge >= 0.3 is 0 Å². The van der Waals surface area contributed by atoms with Crippen molar-refractivity contribution in [2.75, 3.05) is 16.0 Å². The SMILES string of the molecule is CCC(Nc1cnc(C(N)=O)c(Nc2ccc3c(c2)CCC(=O)N3)n1)C(N)=O. The second kappa shape index (κ2) is 7.91. The van der Waals surface area contributed by atoms with Crippen molar-refractivity contribution in [2.24, 2.45) is 11.5 Å². The second-order valence-electron chi connectivity index (χ2n) is 6.37. The number of aryl methyl sites for hydroxylation is 1. The molecule has 28 heavy (non-hydrogen) atoms. The van der Waals surface area contributed by atoms with Gasteiger partial charge in [0.2, 0.25) is 11.8 Å². The summed E-state index contributed by atoms with van der Waals surface area (Å²) in [6.45, 7) is 1.80. The van der Waals surface area contributed by atoms with Gasteiger partial charge in [-0.2, -0.15) is 0 Å². The Hall–Kier alpha value is -3.69. The molecular weight excluding hydrogens is 362 g/mol. The number of primary amides is 2. The summed E-state index contributed by atoms with van der Waals surface area (Å²) in [4.78, 5) is 43.0. The summed E-state index contributed by atoms with van der Waals surface area (Å²) >= 11 is 0. The monoisotopic (exact) mass is 383 g/mol. The largest absolute Gasteiger partial charge is 0.368 e. The Bertz CT molecular complexity index is 945. The maximum Gasteiger partial charge on any atom is 0.271 e. The first kappa shape index (κ1) is 19.1. The fraction of sp³-hybridized carbons (Fsp3) is 0.278. The molecule has 1 aromatic carbocycles. The molecule has 1 aliphatic rings. The van der Waals surface area contributed by atoms with Gasteiger partial charge in [0.05, 0.1) is 6.20 Å². The Kier molecular flexibility index (Phi) is 5.39. The average Bonchev–Trinajstić information content (AvgIpc) is 2.66. The van der Waals surface area contributed by atoms with Gasteiger partial charge in [-0.25, -0.2) is 9.97 Å². The number of rotatable bonds is 7. The van der Waals surface area contributed by atoms with Crippen molar-refractivity contribution in [3.8, 4) is 0 Å². The quantitative estimate of drug-likeness (QED) is 0.473. The molecule has 10 nitrogen and oxygen atoms in total. The Morgan fingerprint density at radius 2 is 2.07 bits per heavy atom. The van der Waals surface area contributed by atoms with Crippen LogP contribution in [0.5, 0.6) is 0 Å². The molecule has 146 valence electrons. The Balaban J connectivity index is 1.89. The molecule has 0 aliphatic carbocycles. The number of anilines is 4. The van der Waals surface area contributed by atoms with Crippen LogP contribution in [0, 0.1) is 0 Å². The topological polar surface area (TPSA) is 165 Å². The molecule has 3 amide bonds. The normalized spacial score (nSPS) is 13.8. The van der Waals surface area contributed by atoms with Gasteiger partial charge in [0.1, 0.15) is 11.9 Å². The predicted octanol–water partition coefficient (Wildman–Crippen LogP) is 0.880. The molecule has 0 radical (unpaired) electrons. The number of benzene rings is 1. The highest BCUT2D eigenvalue weighted by molar-refractivity contribution is 5.97. The molecule has 1 atom stereocenters. The highest BCUT2D eigenvalue weighted by Gasteiger charge is 2.19. The number of aromatic nitrogens is 2. The van der Waals surface area contributed by atoms with E-state index in [-0.39, 0.29) is 23.2 Å². The zero-order chi connectivity index (χ0) is 20.3. The predicted molar refractivity (Wildman–Crippen MR) is 104 cm³/mol. The van der Waals surface area contributed by atoms with E-state index in [1.165, 1.54) is 6.20 Å². The minimum absolute atomic E-state index is 0.0196. The van der Waals surface area contributed by atoms with E-state index < -0.39 is 17.9 Å². The number of hydrogen-bond acceptors (Lipinski definition) is 7. The molecule has 0 saturated heterocycles. The number of nitrogens with zero attached hydrogens (tertiary/aromatic N) is 2. The van der Waals surface area contributed by atoms with Crippen LogP contribution < -0.4 is 27.4 Å². The molecule has 0 spiro atoms. The van der Waals surface area contributed by atoms with Crippen LogP contribution in [-0.4, -0.2) is 33.7 Å². The number of nitrogens with one attached hydrogen (secondary N) is 3. The molecule has 2 heterocycles. The van der Waals surface area contributed by atoms with Crippen LogP contribution in [0.3, 0.4) is 0 Å². The minimum atomic E-state index is -0.742. The molecule has 3 rings (SSSR count). The summed E-state index contributed by atoms with van der Waals surface area (Å²) in [6.07, 6.45) is 2.81. The third kappa shape index (κ3) is 4.17. The van der Waals surface area contributed by atoms with E-state index in [1.54, 1.807) is 19.1 Å². The van der Waals surface area contributed by atoms with Crippen molar-refractivity contribution in [3.05, 3.63) is 35.7 Å². The van der Waals surface area contributed by atoms with E-state index >= 15 is 0 Å². The van der Waals surface area contributed by atoms with Crippen molar-refractivity contribution in [1.29, 1.82) is 0 Å². The lowest BCUT2D eigenvalue weighted by molar-refractivity contribution is -0.119. The third-order valence-electron chi connectivity index (χ3n) is 4.34. The standard InChI is InChI=1S/C18H21N7O3/c1-2-11(16(19)27)23-13-8-21-15(17(20)28)18(25-13)22-10-4-5-12-9(7-10)3-6-14(26)24-12/h4-5,7-8,11H,2-3,6H2,1H3,(H2,19,27)(H2,20,28)(H,24,26)(H2,22,23,25). The van der Waals surface area contributed by atoms with Gasteiger partial charge in [0.15, 0.2) is 11.5 Å². The molecule has 1 aromatic heterocycles. The molecule has 0 saturated carbocycles. The maximum atomic E-state index is 11.7. The van der Waals surface area contributed by atoms with Crippen molar-refractivity contribution < 1.29 is 14.4 Å². The lowest BCUT2D eigenvalue weighted by Crippen LogP contribution is -2.35. The number of nitrogens with two attached hydrogens (primary N) is 2. The van der Waals surface area contributed by atoms with Gasteiger partial charge in [0, 0.05) is 17.8 Å². The van der Waals surface area contributed by atoms with E-state index in [2.05, 4.69) is 25.9 Å². The van der Waals surface area contributed by atoms with Crippen LogP contribution in [-0.2, 0) is 16.0 Å². The van der Waals surface area contributed by atoms with Gasteiger partial charge in [0.25, 0.3) is 5.91 Å². The Morgan fingerprint density at radius 1 is 1.29 bits per heavy atom. The van der Waals surface area contributed by atoms with Crippen LogP contribution in [0.15, 0.2) is 24.4 Å². The minimum Gasteiger partial charge on any atom is -0.368 e. The maximum absolute atomic E-state index is 11.7. The van der Waals surface area contributed by atoms with Crippen LogP contribution in [0.2, 0.25) is 0 Å². The van der Waals surface area contributed by atoms with Gasteiger partial charge in [-0.05, 0) is 36.6 Å². The highest BCUT2D eigenvalue weighted by Crippen LogP contribution is 2.28. The smallest absolute Gasteiger partial charge is 0.271 e. The summed E-state index contributed by atoms with van der Waals surface area (Å²) in [5.41, 5.74) is 13.1. The molecule has 0 fully saturated rings. The summed E-state index contributed by atoms with van der Waals surface area (Å²) < 4.78 is 0. The van der Waals surface area contributed by atoms with Gasteiger partial charge in [-0.1, -0.05) is 6.92 Å². The fourth-order valence-electron chi connectivity index (χ4n) is 2.88. The van der Waals surface area contributed by atoms with Crippen LogP contribution in [0.4, 0.5) is 23.0 Å². The number of fused-ring (bicyclic) bond motifs is 1. The Labute approximate surface area is 161 Å². The fourth-order valence-corrected chi connectivity index (χ4v) is 2.88. The zero-order valence-electron chi connectivity index (χ0n) is 15.3. The first-order valence-electron chi connectivity index (χ1n) is 8.80. The van der Waals surface area contributed by atoms with E-state index in [0.717, 1.165) is 11.3 Å². The number of carbonyl (C=O) groups is 3. The molecule has 1 unspecified atom stereocenters. The number of carbonyl (C=O) groups excluding carboxylic acids is 3. The molecule has 1 aliphatic heterocycles. The van der Waals surface area contributed by atoms with Crippen molar-refractivity contribution in [1.82, 2.24) is 9.97 Å². The van der Waals surface area contributed by atoms with E-state index in [1.807, 2.05) is 6.07 Å². The first-order valence-corrected chi connectivity index (χ1v) is 8.80. The Morgan fingerprint density at radius 3 is 2.75 bits per heavy atom. The van der Waals surface area contributed by atoms with Crippen LogP contribution in [0.25, 0.3) is 0 Å². The lowest BCUT2D eigenvalue weighted by atomic mass is 10.0. The van der Waals surface area contributed by atoms with E-state index in [4.69, 9.17) is 11.5 Å². The summed E-state index contributed by atoms with van der Waals surface area (Å²) in [5.74, 6) is -0.850. The molecule has 10 heteroatoms. The zero-order valence-corrected chi connectivity index (χ0v) is 15.3. The summed E-state index contributed by atoms with van der Waals surface area (Å²) in [7, 11) is 0. The van der Waals surface area contributed by atoms with E-state index in [0.29, 0.717) is 24.9 Å². The highest BCUT2D eigenvalue weighted by atomic mass is 16.2. The number of hydrogen-bond donors (Lipinski definition) is 5. The molecular formula is C18H21N7O3. The first-order chi connectivity index (χ1) is 13.4. The third-order valence-corrected chi connectivity index (χ3v) is 4.34.